The van der Waals surface area contributed by atoms with Crippen molar-refractivity contribution in [3.05, 3.63) is 65.9 Å². The van der Waals surface area contributed by atoms with Crippen molar-refractivity contribution in [3.63, 3.8) is 0 Å². The van der Waals surface area contributed by atoms with Crippen LogP contribution in [0.4, 0.5) is 4.79 Å². The summed E-state index contributed by atoms with van der Waals surface area (Å²) in [5.74, 6) is 0.611. The third-order valence-corrected chi connectivity index (χ3v) is 5.64. The summed E-state index contributed by atoms with van der Waals surface area (Å²) in [5.41, 5.74) is 3.34. The van der Waals surface area contributed by atoms with Crippen LogP contribution in [0, 0.1) is 0 Å². The monoisotopic (exact) mass is 406 g/mol. The fraction of sp³-hybridized carbons (Fsp3) is 0.304. The van der Waals surface area contributed by atoms with Crippen LogP contribution >= 0.6 is 0 Å². The Morgan fingerprint density at radius 1 is 1.20 bits per heavy atom. The number of hydrogen-bond acceptors (Lipinski definition) is 4. The first-order valence-corrected chi connectivity index (χ1v) is 10.1. The summed E-state index contributed by atoms with van der Waals surface area (Å²) < 4.78 is 5.30. The molecule has 1 aromatic heterocycles. The smallest absolute Gasteiger partial charge is 0.324 e. The maximum absolute atomic E-state index is 12.7. The van der Waals surface area contributed by atoms with Crippen molar-refractivity contribution in [2.24, 2.45) is 0 Å². The van der Waals surface area contributed by atoms with Crippen molar-refractivity contribution in [2.75, 3.05) is 26.7 Å². The summed E-state index contributed by atoms with van der Waals surface area (Å²) >= 11 is 0. The Hall–Kier alpha value is -3.32. The molecule has 0 spiro atoms. The molecule has 7 heteroatoms. The van der Waals surface area contributed by atoms with E-state index in [1.165, 1.54) is 4.90 Å². The maximum Gasteiger partial charge on any atom is 0.324 e. The lowest BCUT2D eigenvalue weighted by atomic mass is 9.90. The van der Waals surface area contributed by atoms with Crippen molar-refractivity contribution in [1.82, 2.24) is 20.5 Å². The molecule has 3 aromatic rings. The maximum atomic E-state index is 12.7. The highest BCUT2D eigenvalue weighted by atomic mass is 16.5. The van der Waals surface area contributed by atoms with Crippen molar-refractivity contribution < 1.29 is 14.3 Å². The second-order valence-electron chi connectivity index (χ2n) is 7.47. The molecule has 2 aromatic carbocycles. The van der Waals surface area contributed by atoms with Gasteiger partial charge in [-0.15, -0.1) is 0 Å². The lowest BCUT2D eigenvalue weighted by molar-refractivity contribution is -0.129. The van der Waals surface area contributed by atoms with Gasteiger partial charge in [-0.2, -0.15) is 0 Å². The normalized spacial score (nSPS) is 15.8. The molecule has 1 fully saturated rings. The average Bonchev–Trinajstić information content (AvgIpc) is 3.40. The Morgan fingerprint density at radius 2 is 1.97 bits per heavy atom. The van der Waals surface area contributed by atoms with Crippen LogP contribution in [0.15, 0.2) is 54.7 Å². The Bertz CT molecular complexity index is 1040. The average molecular weight is 406 g/mol. The number of H-pyrrole nitrogens is 1. The van der Waals surface area contributed by atoms with Crippen molar-refractivity contribution in [3.8, 4) is 5.75 Å². The summed E-state index contributed by atoms with van der Waals surface area (Å²) in [6.07, 6.45) is 2.03. The van der Waals surface area contributed by atoms with E-state index in [9.17, 15) is 9.59 Å². The number of aromatic nitrogens is 1. The van der Waals surface area contributed by atoms with E-state index in [1.54, 1.807) is 14.0 Å². The molecule has 3 amide bonds. The van der Waals surface area contributed by atoms with E-state index >= 15 is 0 Å². The summed E-state index contributed by atoms with van der Waals surface area (Å²) in [7, 11) is 1.65. The number of fused-ring (bicyclic) bond motifs is 1. The quantitative estimate of drug-likeness (QED) is 0.563. The van der Waals surface area contributed by atoms with Gasteiger partial charge in [-0.3, -0.25) is 9.69 Å². The first-order valence-electron chi connectivity index (χ1n) is 10.1. The molecule has 2 atom stereocenters. The van der Waals surface area contributed by atoms with Crippen LogP contribution in [0.25, 0.3) is 10.9 Å². The fourth-order valence-electron chi connectivity index (χ4n) is 3.92. The number of hydrogen-bond donors (Lipinski definition) is 3. The van der Waals surface area contributed by atoms with Crippen molar-refractivity contribution >= 4 is 22.8 Å². The second kappa shape index (κ2) is 8.59. The topological polar surface area (TPSA) is 86.5 Å². The third kappa shape index (κ3) is 3.89. The first kappa shape index (κ1) is 20.0. The van der Waals surface area contributed by atoms with Gasteiger partial charge < -0.3 is 20.4 Å². The highest BCUT2D eigenvalue weighted by Crippen LogP contribution is 2.31. The molecular weight excluding hydrogens is 380 g/mol. The molecule has 30 heavy (non-hydrogen) atoms. The number of benzene rings is 2. The van der Waals surface area contributed by atoms with E-state index in [0.717, 1.165) is 27.8 Å². The van der Waals surface area contributed by atoms with Gasteiger partial charge in [-0.1, -0.05) is 30.3 Å². The number of nitrogens with zero attached hydrogens (tertiary/aromatic N) is 1. The zero-order chi connectivity index (χ0) is 21.1. The van der Waals surface area contributed by atoms with Crippen LogP contribution in [0.1, 0.15) is 24.0 Å². The Morgan fingerprint density at radius 3 is 2.67 bits per heavy atom. The highest BCUT2D eigenvalue weighted by molar-refractivity contribution is 5.98. The zero-order valence-electron chi connectivity index (χ0n) is 17.1. The van der Waals surface area contributed by atoms with Crippen LogP contribution in [0.5, 0.6) is 5.75 Å². The molecule has 1 saturated heterocycles. The lowest BCUT2D eigenvalue weighted by Crippen LogP contribution is -2.47. The van der Waals surface area contributed by atoms with Crippen LogP contribution < -0.4 is 15.4 Å². The molecule has 0 unspecified atom stereocenters. The Balaban J connectivity index is 1.58. The van der Waals surface area contributed by atoms with Crippen LogP contribution in [0.2, 0.25) is 0 Å². The van der Waals surface area contributed by atoms with Crippen LogP contribution in [-0.2, 0) is 4.79 Å². The van der Waals surface area contributed by atoms with Gasteiger partial charge in [-0.05, 0) is 36.2 Å². The third-order valence-electron chi connectivity index (χ3n) is 5.64. The molecule has 0 bridgehead atoms. The van der Waals surface area contributed by atoms with E-state index < -0.39 is 6.04 Å². The predicted molar refractivity (Wildman–Crippen MR) is 116 cm³/mol. The summed E-state index contributed by atoms with van der Waals surface area (Å²) in [5, 5.41) is 7.17. The summed E-state index contributed by atoms with van der Waals surface area (Å²) in [6, 6.07) is 15.4. The molecule has 4 rings (SSSR count). The number of methoxy groups -OCH3 is 1. The van der Waals surface area contributed by atoms with Gasteiger partial charge in [0.05, 0.1) is 13.2 Å². The molecule has 0 aliphatic carbocycles. The number of ether oxygens (including phenoxy) is 1. The molecule has 3 N–H and O–H groups in total. The number of carbonyl (C=O) groups excluding carboxylic acids is 2. The highest BCUT2D eigenvalue weighted by Gasteiger charge is 2.30. The number of rotatable bonds is 7. The largest absolute Gasteiger partial charge is 0.497 e. The van der Waals surface area contributed by atoms with Gasteiger partial charge in [0.15, 0.2) is 0 Å². The minimum absolute atomic E-state index is 0.0229. The first-order chi connectivity index (χ1) is 14.6. The zero-order valence-corrected chi connectivity index (χ0v) is 17.1. The van der Waals surface area contributed by atoms with E-state index in [-0.39, 0.29) is 17.9 Å². The van der Waals surface area contributed by atoms with Gasteiger partial charge in [0.2, 0.25) is 5.91 Å². The van der Waals surface area contributed by atoms with E-state index in [1.807, 2.05) is 42.6 Å². The summed E-state index contributed by atoms with van der Waals surface area (Å²) in [6.45, 7) is 3.26. The SMILES string of the molecule is COc1ccc([C@H](CN[C@@H](C)C(=O)N2CCNC2=O)c2c[nH]c3ccccc23)cc1. The van der Waals surface area contributed by atoms with Gasteiger partial charge >= 0.3 is 6.03 Å². The number of para-hydroxylation sites is 1. The second-order valence-corrected chi connectivity index (χ2v) is 7.47. The molecule has 1 aliphatic rings. The number of aromatic amines is 1. The molecule has 156 valence electrons. The predicted octanol–water partition coefficient (Wildman–Crippen LogP) is 2.84. The van der Waals surface area contributed by atoms with Crippen molar-refractivity contribution in [1.29, 1.82) is 0 Å². The minimum atomic E-state index is -0.472. The van der Waals surface area contributed by atoms with E-state index in [4.69, 9.17) is 4.74 Å². The summed E-state index contributed by atoms with van der Waals surface area (Å²) in [4.78, 5) is 29.1. The van der Waals surface area contributed by atoms with E-state index in [2.05, 4.69) is 27.8 Å². The fourth-order valence-corrected chi connectivity index (χ4v) is 3.92. The van der Waals surface area contributed by atoms with Crippen molar-refractivity contribution in [2.45, 2.75) is 18.9 Å². The number of urea groups is 1. The van der Waals surface area contributed by atoms with Gasteiger partial charge in [0, 0.05) is 42.7 Å². The van der Waals surface area contributed by atoms with Gasteiger partial charge in [0.25, 0.3) is 0 Å². The minimum Gasteiger partial charge on any atom is -0.497 e. The molecule has 7 nitrogen and oxygen atoms in total. The van der Waals surface area contributed by atoms with Gasteiger partial charge in [-0.25, -0.2) is 4.79 Å². The molecule has 0 saturated carbocycles. The molecule has 1 aliphatic heterocycles. The Kier molecular flexibility index (Phi) is 5.72. The number of carbonyl (C=O) groups is 2. The Labute approximate surface area is 175 Å². The molecule has 0 radical (unpaired) electrons. The van der Waals surface area contributed by atoms with Crippen LogP contribution in [-0.4, -0.2) is 54.6 Å². The standard InChI is InChI=1S/C23H26N4O3/c1-15(22(28)27-12-11-24-23(27)29)25-13-19(16-7-9-17(30-2)10-8-16)20-14-26-21-6-4-3-5-18(20)21/h3-10,14-15,19,25-26H,11-13H2,1-2H3,(H,24,29)/t15-,19-/m0/s1. The lowest BCUT2D eigenvalue weighted by Gasteiger charge is -2.23. The van der Waals surface area contributed by atoms with Crippen LogP contribution in [0.3, 0.4) is 0 Å². The van der Waals surface area contributed by atoms with E-state index in [0.29, 0.717) is 19.6 Å². The molecular formula is C23H26N4O3. The van der Waals surface area contributed by atoms with Gasteiger partial charge in [0.1, 0.15) is 5.75 Å². The molecule has 2 heterocycles. The number of nitrogens with one attached hydrogen (secondary N) is 3. The number of imide groups is 1. The number of amides is 3.